The van der Waals surface area contributed by atoms with Gasteiger partial charge in [-0.1, -0.05) is 42.5 Å². The van der Waals surface area contributed by atoms with Gasteiger partial charge in [-0.3, -0.25) is 0 Å². The van der Waals surface area contributed by atoms with Crippen LogP contribution in [0.15, 0.2) is 54.6 Å². The van der Waals surface area contributed by atoms with Crippen LogP contribution in [0.5, 0.6) is 5.75 Å². The first-order chi connectivity index (χ1) is 8.83. The summed E-state index contributed by atoms with van der Waals surface area (Å²) in [4.78, 5) is 0. The lowest BCUT2D eigenvalue weighted by Crippen LogP contribution is -2.17. The zero-order chi connectivity index (χ0) is 12.4. The Morgan fingerprint density at radius 3 is 2.22 bits per heavy atom. The van der Waals surface area contributed by atoms with E-state index in [2.05, 4.69) is 35.6 Å². The van der Waals surface area contributed by atoms with Gasteiger partial charge in [0.05, 0.1) is 0 Å². The van der Waals surface area contributed by atoms with Gasteiger partial charge in [0.2, 0.25) is 0 Å². The molecule has 2 N–H and O–H groups in total. The number of rotatable bonds is 2. The normalized spacial score (nSPS) is 23.1. The topological polar surface area (TPSA) is 32.3 Å². The lowest BCUT2D eigenvalue weighted by Gasteiger charge is -2.15. The molecule has 1 fully saturated rings. The molecule has 0 amide bonds. The molecule has 0 spiro atoms. The SMILES string of the molecule is Oc1cccc(C2CCC(c3ccccc3)N2)c1. The van der Waals surface area contributed by atoms with Crippen molar-refractivity contribution in [1.29, 1.82) is 0 Å². The van der Waals surface area contributed by atoms with Gasteiger partial charge in [0.15, 0.2) is 0 Å². The quantitative estimate of drug-likeness (QED) is 0.840. The van der Waals surface area contributed by atoms with Gasteiger partial charge in [0.25, 0.3) is 0 Å². The maximum atomic E-state index is 9.53. The van der Waals surface area contributed by atoms with Crippen molar-refractivity contribution in [2.24, 2.45) is 0 Å². The van der Waals surface area contributed by atoms with Crippen LogP contribution in [0, 0.1) is 0 Å². The molecule has 2 heteroatoms. The summed E-state index contributed by atoms with van der Waals surface area (Å²) in [6, 6.07) is 18.9. The van der Waals surface area contributed by atoms with Crippen LogP contribution in [0.1, 0.15) is 36.1 Å². The molecule has 92 valence electrons. The van der Waals surface area contributed by atoms with E-state index in [4.69, 9.17) is 0 Å². The summed E-state index contributed by atoms with van der Waals surface area (Å²) in [7, 11) is 0. The molecule has 0 aliphatic carbocycles. The summed E-state index contributed by atoms with van der Waals surface area (Å²) in [5.41, 5.74) is 2.52. The number of phenols is 1. The van der Waals surface area contributed by atoms with Crippen molar-refractivity contribution in [2.75, 3.05) is 0 Å². The van der Waals surface area contributed by atoms with Crippen molar-refractivity contribution in [1.82, 2.24) is 5.32 Å². The molecular formula is C16H17NO. The summed E-state index contributed by atoms with van der Waals surface area (Å²) in [6.07, 6.45) is 2.26. The minimum absolute atomic E-state index is 0.345. The van der Waals surface area contributed by atoms with Gasteiger partial charge >= 0.3 is 0 Å². The second-order valence-electron chi connectivity index (χ2n) is 4.85. The molecule has 0 aromatic heterocycles. The zero-order valence-electron chi connectivity index (χ0n) is 10.2. The van der Waals surface area contributed by atoms with Crippen molar-refractivity contribution < 1.29 is 5.11 Å². The number of nitrogens with one attached hydrogen (secondary N) is 1. The van der Waals surface area contributed by atoms with Crippen molar-refractivity contribution in [3.63, 3.8) is 0 Å². The number of hydrogen-bond acceptors (Lipinski definition) is 2. The maximum absolute atomic E-state index is 9.53. The minimum atomic E-state index is 0.345. The molecule has 1 aliphatic rings. The Bertz CT molecular complexity index is 524. The Balaban J connectivity index is 1.76. The molecular weight excluding hydrogens is 222 g/mol. The monoisotopic (exact) mass is 239 g/mol. The standard InChI is InChI=1S/C16H17NO/c18-14-8-4-7-13(11-14)16-10-9-15(17-16)12-5-2-1-3-6-12/h1-8,11,15-18H,9-10H2. The summed E-state index contributed by atoms with van der Waals surface area (Å²) >= 11 is 0. The molecule has 0 radical (unpaired) electrons. The van der Waals surface area contributed by atoms with Crippen LogP contribution in [0.2, 0.25) is 0 Å². The van der Waals surface area contributed by atoms with Crippen molar-refractivity contribution >= 4 is 0 Å². The van der Waals surface area contributed by atoms with E-state index in [1.165, 1.54) is 11.1 Å². The van der Waals surface area contributed by atoms with Crippen LogP contribution < -0.4 is 5.32 Å². The lowest BCUT2D eigenvalue weighted by atomic mass is 10.0. The highest BCUT2D eigenvalue weighted by atomic mass is 16.3. The highest BCUT2D eigenvalue weighted by molar-refractivity contribution is 5.31. The highest BCUT2D eigenvalue weighted by Gasteiger charge is 2.25. The molecule has 0 saturated carbocycles. The fourth-order valence-corrected chi connectivity index (χ4v) is 2.70. The smallest absolute Gasteiger partial charge is 0.115 e. The Morgan fingerprint density at radius 2 is 1.50 bits per heavy atom. The van der Waals surface area contributed by atoms with E-state index in [0.717, 1.165) is 12.8 Å². The van der Waals surface area contributed by atoms with Gasteiger partial charge in [0.1, 0.15) is 5.75 Å². The summed E-state index contributed by atoms with van der Waals surface area (Å²) < 4.78 is 0. The first kappa shape index (κ1) is 11.3. The first-order valence-electron chi connectivity index (χ1n) is 6.43. The lowest BCUT2D eigenvalue weighted by molar-refractivity contribution is 0.472. The molecule has 1 saturated heterocycles. The van der Waals surface area contributed by atoms with Crippen molar-refractivity contribution in [2.45, 2.75) is 24.9 Å². The predicted octanol–water partition coefficient (Wildman–Crippen LogP) is 3.56. The molecule has 2 nitrogen and oxygen atoms in total. The second-order valence-corrected chi connectivity index (χ2v) is 4.85. The Labute approximate surface area is 107 Å². The van der Waals surface area contributed by atoms with E-state index in [-0.39, 0.29) is 0 Å². The highest BCUT2D eigenvalue weighted by Crippen LogP contribution is 2.35. The van der Waals surface area contributed by atoms with E-state index in [1.807, 2.05) is 18.2 Å². The van der Waals surface area contributed by atoms with Gasteiger partial charge in [-0.2, -0.15) is 0 Å². The van der Waals surface area contributed by atoms with Crippen LogP contribution in [-0.4, -0.2) is 5.11 Å². The molecule has 2 aromatic carbocycles. The average molecular weight is 239 g/mol. The molecule has 2 unspecified atom stereocenters. The molecule has 1 aliphatic heterocycles. The third-order valence-electron chi connectivity index (χ3n) is 3.62. The van der Waals surface area contributed by atoms with E-state index >= 15 is 0 Å². The number of hydrogen-bond donors (Lipinski definition) is 2. The van der Waals surface area contributed by atoms with Crippen LogP contribution in [0.4, 0.5) is 0 Å². The second kappa shape index (κ2) is 4.83. The van der Waals surface area contributed by atoms with Crippen LogP contribution in [-0.2, 0) is 0 Å². The Kier molecular flexibility index (Phi) is 3.03. The number of aromatic hydroxyl groups is 1. The van der Waals surface area contributed by atoms with Gasteiger partial charge in [0, 0.05) is 12.1 Å². The minimum Gasteiger partial charge on any atom is -0.508 e. The van der Waals surface area contributed by atoms with Gasteiger partial charge in [-0.05, 0) is 36.1 Å². The largest absolute Gasteiger partial charge is 0.508 e. The average Bonchev–Trinajstić information content (AvgIpc) is 2.89. The summed E-state index contributed by atoms with van der Waals surface area (Å²) in [5, 5.41) is 13.2. The number of benzene rings is 2. The van der Waals surface area contributed by atoms with Crippen molar-refractivity contribution in [3.8, 4) is 5.75 Å². The maximum Gasteiger partial charge on any atom is 0.115 e. The van der Waals surface area contributed by atoms with Crippen LogP contribution in [0.3, 0.4) is 0 Å². The van der Waals surface area contributed by atoms with E-state index < -0.39 is 0 Å². The Morgan fingerprint density at radius 1 is 0.833 bits per heavy atom. The molecule has 1 heterocycles. The first-order valence-corrected chi connectivity index (χ1v) is 6.43. The van der Waals surface area contributed by atoms with E-state index in [9.17, 15) is 5.11 Å². The fraction of sp³-hybridized carbons (Fsp3) is 0.250. The number of phenolic OH excluding ortho intramolecular Hbond substituents is 1. The molecule has 2 aromatic rings. The summed E-state index contributed by atoms with van der Waals surface area (Å²) in [5.74, 6) is 0.345. The van der Waals surface area contributed by atoms with Crippen molar-refractivity contribution in [3.05, 3.63) is 65.7 Å². The fourth-order valence-electron chi connectivity index (χ4n) is 2.70. The molecule has 3 rings (SSSR count). The summed E-state index contributed by atoms with van der Waals surface area (Å²) in [6.45, 7) is 0. The van der Waals surface area contributed by atoms with E-state index in [1.54, 1.807) is 6.07 Å². The third kappa shape index (κ3) is 2.24. The van der Waals surface area contributed by atoms with Gasteiger partial charge in [-0.25, -0.2) is 0 Å². The van der Waals surface area contributed by atoms with Crippen LogP contribution in [0.25, 0.3) is 0 Å². The van der Waals surface area contributed by atoms with Crippen LogP contribution >= 0.6 is 0 Å². The molecule has 18 heavy (non-hydrogen) atoms. The van der Waals surface area contributed by atoms with Gasteiger partial charge < -0.3 is 10.4 Å². The molecule has 2 atom stereocenters. The Hall–Kier alpha value is -1.80. The van der Waals surface area contributed by atoms with E-state index in [0.29, 0.717) is 17.8 Å². The molecule has 0 bridgehead atoms. The predicted molar refractivity (Wildman–Crippen MR) is 72.4 cm³/mol. The van der Waals surface area contributed by atoms with Gasteiger partial charge in [-0.15, -0.1) is 0 Å². The third-order valence-corrected chi connectivity index (χ3v) is 3.62. The zero-order valence-corrected chi connectivity index (χ0v) is 10.2.